The summed E-state index contributed by atoms with van der Waals surface area (Å²) in [5.74, 6) is 2.73. The number of quaternary nitrogens is 1. The lowest BCUT2D eigenvalue weighted by Crippen LogP contribution is -3.14. The normalized spacial score (nSPS) is 48.3. The first-order chi connectivity index (χ1) is 7.77. The Labute approximate surface area is 99.9 Å². The number of piperidine rings is 1. The van der Waals surface area contributed by atoms with Gasteiger partial charge < -0.3 is 4.90 Å². The molecule has 0 spiro atoms. The lowest BCUT2D eigenvalue weighted by molar-refractivity contribution is -0.897. The summed E-state index contributed by atoms with van der Waals surface area (Å²) in [6, 6.07) is 0.820. The summed E-state index contributed by atoms with van der Waals surface area (Å²) in [5, 5.41) is 0. The molecule has 0 amide bonds. The summed E-state index contributed by atoms with van der Waals surface area (Å²) in [5.41, 5.74) is 1.56. The SMILES string of the molecule is C=C1CCCC2CCC3CCC[NH+]([CH2-])C3C12. The first-order valence-corrected chi connectivity index (χ1v) is 7.12. The Kier molecular flexibility index (Phi) is 2.83. The van der Waals surface area contributed by atoms with E-state index >= 15 is 0 Å². The number of hydrogen-bond donors (Lipinski definition) is 1. The molecule has 1 saturated heterocycles. The van der Waals surface area contributed by atoms with Gasteiger partial charge in [0, 0.05) is 11.8 Å². The van der Waals surface area contributed by atoms with Gasteiger partial charge >= 0.3 is 0 Å². The number of likely N-dealkylation sites (tertiary alicyclic amines) is 1. The van der Waals surface area contributed by atoms with Crippen LogP contribution in [0, 0.1) is 24.8 Å². The molecule has 3 rings (SSSR count). The van der Waals surface area contributed by atoms with E-state index in [1.165, 1.54) is 51.5 Å². The molecule has 0 aromatic rings. The van der Waals surface area contributed by atoms with Gasteiger partial charge in [-0.1, -0.05) is 12.2 Å². The van der Waals surface area contributed by atoms with Crippen molar-refractivity contribution >= 4 is 0 Å². The van der Waals surface area contributed by atoms with Crippen molar-refractivity contribution in [3.63, 3.8) is 0 Å². The Bertz CT molecular complexity index is 283. The second-order valence-electron chi connectivity index (χ2n) is 6.25. The van der Waals surface area contributed by atoms with E-state index in [0.717, 1.165) is 23.8 Å². The van der Waals surface area contributed by atoms with E-state index in [1.54, 1.807) is 10.5 Å². The average molecular weight is 219 g/mol. The minimum Gasteiger partial charge on any atom is -0.465 e. The topological polar surface area (TPSA) is 4.44 Å². The molecule has 0 aromatic carbocycles. The minimum atomic E-state index is 0.820. The van der Waals surface area contributed by atoms with Crippen molar-refractivity contribution in [1.82, 2.24) is 0 Å². The fourth-order valence-corrected chi connectivity index (χ4v) is 4.71. The van der Waals surface area contributed by atoms with Crippen molar-refractivity contribution in [1.29, 1.82) is 0 Å². The van der Waals surface area contributed by atoms with E-state index in [4.69, 9.17) is 0 Å². The highest BCUT2D eigenvalue weighted by atomic mass is 15.1. The Morgan fingerprint density at radius 3 is 2.69 bits per heavy atom. The van der Waals surface area contributed by atoms with Crippen molar-refractivity contribution in [2.75, 3.05) is 6.54 Å². The standard InChI is InChI=1S/C15H25N/c1-11-5-3-6-12-8-9-13-7-4-10-16(2)15(13)14(11)12/h12-16H,1-10H2. The molecule has 16 heavy (non-hydrogen) atoms. The zero-order valence-corrected chi connectivity index (χ0v) is 10.4. The fraction of sp³-hybridized carbons (Fsp3) is 0.800. The van der Waals surface area contributed by atoms with Crippen LogP contribution in [0.5, 0.6) is 0 Å². The van der Waals surface area contributed by atoms with Gasteiger partial charge in [0.1, 0.15) is 0 Å². The van der Waals surface area contributed by atoms with E-state index in [9.17, 15) is 0 Å². The number of hydrogen-bond acceptors (Lipinski definition) is 0. The van der Waals surface area contributed by atoms with Crippen LogP contribution in [0.1, 0.15) is 44.9 Å². The summed E-state index contributed by atoms with van der Waals surface area (Å²) in [7, 11) is 4.38. The summed E-state index contributed by atoms with van der Waals surface area (Å²) in [6.07, 6.45) is 9.93. The lowest BCUT2D eigenvalue weighted by atomic mass is 9.61. The molecule has 1 heterocycles. The van der Waals surface area contributed by atoms with Gasteiger partial charge in [-0.05, 0) is 50.9 Å². The average Bonchev–Trinajstić information content (AvgIpc) is 2.29. The van der Waals surface area contributed by atoms with Crippen LogP contribution in [0.25, 0.3) is 0 Å². The first-order valence-electron chi connectivity index (χ1n) is 7.12. The maximum absolute atomic E-state index is 4.38. The zero-order valence-electron chi connectivity index (χ0n) is 10.4. The molecule has 0 radical (unpaired) electrons. The molecule has 3 fully saturated rings. The third-order valence-corrected chi connectivity index (χ3v) is 5.40. The van der Waals surface area contributed by atoms with E-state index < -0.39 is 0 Å². The van der Waals surface area contributed by atoms with Gasteiger partial charge in [-0.15, -0.1) is 0 Å². The quantitative estimate of drug-likeness (QED) is 0.470. The van der Waals surface area contributed by atoms with Crippen molar-refractivity contribution in [2.45, 2.75) is 51.0 Å². The highest BCUT2D eigenvalue weighted by Gasteiger charge is 2.45. The third kappa shape index (κ3) is 1.64. The van der Waals surface area contributed by atoms with Gasteiger partial charge in [-0.2, -0.15) is 7.05 Å². The molecular weight excluding hydrogens is 194 g/mol. The van der Waals surface area contributed by atoms with Gasteiger partial charge in [-0.3, -0.25) is 0 Å². The zero-order chi connectivity index (χ0) is 11.1. The predicted molar refractivity (Wildman–Crippen MR) is 66.9 cm³/mol. The van der Waals surface area contributed by atoms with Crippen molar-refractivity contribution < 1.29 is 4.90 Å². The van der Waals surface area contributed by atoms with Crippen LogP contribution in [0.3, 0.4) is 0 Å². The molecular formula is C15H25N. The van der Waals surface area contributed by atoms with Gasteiger partial charge in [0.25, 0.3) is 0 Å². The van der Waals surface area contributed by atoms with Crippen LogP contribution in [-0.2, 0) is 0 Å². The van der Waals surface area contributed by atoms with Crippen LogP contribution < -0.4 is 4.90 Å². The molecule has 1 heteroatoms. The summed E-state index contributed by atoms with van der Waals surface area (Å²) < 4.78 is 0. The molecule has 3 aliphatic rings. The molecule has 90 valence electrons. The van der Waals surface area contributed by atoms with Crippen LogP contribution in [-0.4, -0.2) is 12.6 Å². The fourth-order valence-electron chi connectivity index (χ4n) is 4.71. The number of rotatable bonds is 0. The summed E-state index contributed by atoms with van der Waals surface area (Å²) in [6.45, 7) is 5.67. The Morgan fingerprint density at radius 2 is 1.81 bits per heavy atom. The molecule has 2 aliphatic carbocycles. The van der Waals surface area contributed by atoms with Gasteiger partial charge in [-0.25, -0.2) is 0 Å². The molecule has 1 N–H and O–H groups in total. The summed E-state index contributed by atoms with van der Waals surface area (Å²) >= 11 is 0. The molecule has 0 aromatic heterocycles. The minimum absolute atomic E-state index is 0.820. The monoisotopic (exact) mass is 219 g/mol. The van der Waals surface area contributed by atoms with E-state index in [0.29, 0.717) is 0 Å². The highest BCUT2D eigenvalue weighted by molar-refractivity contribution is 5.11. The van der Waals surface area contributed by atoms with Gasteiger partial charge in [0.05, 0.1) is 12.6 Å². The Balaban J connectivity index is 1.86. The molecule has 5 unspecified atom stereocenters. The van der Waals surface area contributed by atoms with E-state index in [1.807, 2.05) is 0 Å². The van der Waals surface area contributed by atoms with Crippen molar-refractivity contribution in [2.24, 2.45) is 17.8 Å². The van der Waals surface area contributed by atoms with Crippen LogP contribution in [0.4, 0.5) is 0 Å². The van der Waals surface area contributed by atoms with Crippen LogP contribution in [0.2, 0.25) is 0 Å². The lowest BCUT2D eigenvalue weighted by Gasteiger charge is -2.52. The number of fused-ring (bicyclic) bond motifs is 3. The molecule has 1 aliphatic heterocycles. The molecule has 0 bridgehead atoms. The smallest absolute Gasteiger partial charge is 0.0732 e. The van der Waals surface area contributed by atoms with Crippen LogP contribution in [0.15, 0.2) is 12.2 Å². The Morgan fingerprint density at radius 1 is 1.06 bits per heavy atom. The summed E-state index contributed by atoms with van der Waals surface area (Å²) in [4.78, 5) is 1.56. The van der Waals surface area contributed by atoms with Crippen molar-refractivity contribution in [3.05, 3.63) is 19.2 Å². The van der Waals surface area contributed by atoms with Gasteiger partial charge in [0.2, 0.25) is 0 Å². The third-order valence-electron chi connectivity index (χ3n) is 5.40. The second kappa shape index (κ2) is 4.18. The highest BCUT2D eigenvalue weighted by Crippen LogP contribution is 2.45. The van der Waals surface area contributed by atoms with Gasteiger partial charge in [0.15, 0.2) is 0 Å². The van der Waals surface area contributed by atoms with E-state index in [2.05, 4.69) is 13.6 Å². The largest absolute Gasteiger partial charge is 0.465 e. The predicted octanol–water partition coefficient (Wildman–Crippen LogP) is 2.21. The second-order valence-corrected chi connectivity index (χ2v) is 6.25. The van der Waals surface area contributed by atoms with Crippen molar-refractivity contribution in [3.8, 4) is 0 Å². The van der Waals surface area contributed by atoms with E-state index in [-0.39, 0.29) is 0 Å². The van der Waals surface area contributed by atoms with Crippen LogP contribution >= 0.6 is 0 Å². The molecule has 1 nitrogen and oxygen atoms in total. The Hall–Kier alpha value is -0.300. The molecule has 2 saturated carbocycles. The first kappa shape index (κ1) is 10.8. The maximum Gasteiger partial charge on any atom is 0.0732 e. The number of nitrogens with one attached hydrogen (secondary N) is 1. The molecule has 5 atom stereocenters. The maximum atomic E-state index is 4.38.